The molecule has 2 amide bonds. The van der Waals surface area contributed by atoms with E-state index in [-0.39, 0.29) is 30.1 Å². The van der Waals surface area contributed by atoms with Crippen LogP contribution in [0.1, 0.15) is 42.9 Å². The zero-order valence-corrected chi connectivity index (χ0v) is 16.9. The van der Waals surface area contributed by atoms with Gasteiger partial charge in [0, 0.05) is 38.3 Å². The third-order valence-electron chi connectivity index (χ3n) is 7.51. The van der Waals surface area contributed by atoms with Gasteiger partial charge in [-0.3, -0.25) is 4.79 Å². The molecule has 4 fully saturated rings. The van der Waals surface area contributed by atoms with E-state index in [1.165, 1.54) is 11.1 Å². The summed E-state index contributed by atoms with van der Waals surface area (Å²) < 4.78 is 6.61. The number of hydrogen-bond donors (Lipinski definition) is 1. The number of ether oxygens (including phenoxy) is 1. The first-order valence-electron chi connectivity index (χ1n) is 11.0. The molecule has 5 aliphatic rings. The standard InChI is InChI=1S/C22H29BN3O3/c23-26-11-7-16(8-12-26)19(14-26)29-22(28)25-10-6-15-3-1-2-4-18(15)21(25)17-5-9-24-20(27)13-17/h1-4,16-17,19,21H,5-14H2,(H,24,27)/q+1/t16?,17?,19-,21?,26?/m1/s1. The van der Waals surface area contributed by atoms with Crippen molar-refractivity contribution in [1.29, 1.82) is 0 Å². The minimum Gasteiger partial charge on any atom is -0.440 e. The molecule has 1 N–H and O–H groups in total. The van der Waals surface area contributed by atoms with Crippen LogP contribution in [0.25, 0.3) is 0 Å². The maximum Gasteiger partial charge on any atom is 0.481 e. The third-order valence-corrected chi connectivity index (χ3v) is 7.51. The highest BCUT2D eigenvalue weighted by Gasteiger charge is 2.46. The van der Waals surface area contributed by atoms with Crippen molar-refractivity contribution in [3.8, 4) is 0 Å². The van der Waals surface area contributed by atoms with Crippen LogP contribution in [0.4, 0.5) is 4.79 Å². The fraction of sp³-hybridized carbons (Fsp3) is 0.636. The molecule has 152 valence electrons. The lowest BCUT2D eigenvalue weighted by atomic mass is 9.80. The maximum atomic E-state index is 13.3. The predicted molar refractivity (Wildman–Crippen MR) is 109 cm³/mol. The molecule has 5 aliphatic heterocycles. The van der Waals surface area contributed by atoms with Gasteiger partial charge < -0.3 is 19.3 Å². The van der Waals surface area contributed by atoms with Crippen molar-refractivity contribution in [3.63, 3.8) is 0 Å². The first-order chi connectivity index (χ1) is 14.0. The summed E-state index contributed by atoms with van der Waals surface area (Å²) in [7, 11) is 6.45. The summed E-state index contributed by atoms with van der Waals surface area (Å²) in [5, 5.41) is 2.92. The number of nitrogens with one attached hydrogen (secondary N) is 1. The zero-order valence-electron chi connectivity index (χ0n) is 16.9. The van der Waals surface area contributed by atoms with Gasteiger partial charge in [0.05, 0.1) is 25.7 Å². The van der Waals surface area contributed by atoms with E-state index in [0.717, 1.165) is 45.3 Å². The van der Waals surface area contributed by atoms with E-state index in [4.69, 9.17) is 12.7 Å². The average molecular weight is 394 g/mol. The maximum absolute atomic E-state index is 13.3. The van der Waals surface area contributed by atoms with Crippen molar-refractivity contribution in [2.24, 2.45) is 11.8 Å². The number of nitrogens with zero attached hydrogens (tertiary/aromatic N) is 2. The SMILES string of the molecule is [B][N+]12CCC(CC1)[C@H](OC(=O)N1CCc3ccccc3C1C1CCNC(=O)C1)C2. The number of amides is 2. The molecule has 2 unspecified atom stereocenters. The van der Waals surface area contributed by atoms with Crippen molar-refractivity contribution in [2.75, 3.05) is 32.7 Å². The Balaban J connectivity index is 1.39. The van der Waals surface area contributed by atoms with E-state index in [9.17, 15) is 9.59 Å². The molecule has 3 atom stereocenters. The molecule has 29 heavy (non-hydrogen) atoms. The molecule has 7 heteroatoms. The van der Waals surface area contributed by atoms with Gasteiger partial charge in [0.2, 0.25) is 5.91 Å². The van der Waals surface area contributed by atoms with E-state index < -0.39 is 0 Å². The smallest absolute Gasteiger partial charge is 0.440 e. The van der Waals surface area contributed by atoms with Crippen LogP contribution in [0, 0.1) is 11.8 Å². The van der Waals surface area contributed by atoms with Crippen molar-refractivity contribution in [1.82, 2.24) is 10.2 Å². The van der Waals surface area contributed by atoms with Crippen molar-refractivity contribution in [2.45, 2.75) is 44.2 Å². The van der Waals surface area contributed by atoms with Gasteiger partial charge in [0.15, 0.2) is 6.10 Å². The minimum absolute atomic E-state index is 0.0737. The molecule has 5 heterocycles. The van der Waals surface area contributed by atoms with Gasteiger partial charge in [-0.25, -0.2) is 4.79 Å². The molecule has 1 aromatic rings. The summed E-state index contributed by atoms with van der Waals surface area (Å²) in [5.41, 5.74) is 2.45. The van der Waals surface area contributed by atoms with Crippen LogP contribution in [-0.2, 0) is 16.0 Å². The quantitative estimate of drug-likeness (QED) is 0.781. The van der Waals surface area contributed by atoms with Crippen LogP contribution in [-0.4, -0.2) is 68.1 Å². The Kier molecular flexibility index (Phi) is 4.81. The molecule has 2 radical (unpaired) electrons. The van der Waals surface area contributed by atoms with Gasteiger partial charge in [0.25, 0.3) is 0 Å². The molecular formula is C22H29BN3O3+. The summed E-state index contributed by atoms with van der Waals surface area (Å²) in [4.78, 5) is 27.3. The van der Waals surface area contributed by atoms with Crippen molar-refractivity contribution < 1.29 is 18.7 Å². The van der Waals surface area contributed by atoms with Gasteiger partial charge in [-0.05, 0) is 29.9 Å². The predicted octanol–water partition coefficient (Wildman–Crippen LogP) is 1.94. The molecule has 0 aliphatic carbocycles. The second kappa shape index (κ2) is 7.35. The van der Waals surface area contributed by atoms with E-state index >= 15 is 0 Å². The summed E-state index contributed by atoms with van der Waals surface area (Å²) in [6, 6.07) is 8.23. The Morgan fingerprint density at radius 3 is 2.72 bits per heavy atom. The fourth-order valence-electron chi connectivity index (χ4n) is 5.88. The third kappa shape index (κ3) is 3.54. The number of piperidine rings is 4. The Morgan fingerprint density at radius 1 is 1.17 bits per heavy atom. The van der Waals surface area contributed by atoms with E-state index in [2.05, 4.69) is 23.5 Å². The van der Waals surface area contributed by atoms with E-state index in [1.807, 2.05) is 11.0 Å². The normalized spacial score (nSPS) is 36.3. The molecule has 0 saturated carbocycles. The first-order valence-corrected chi connectivity index (χ1v) is 11.0. The lowest BCUT2D eigenvalue weighted by molar-refractivity contribution is -0.840. The molecule has 2 bridgehead atoms. The molecule has 1 aromatic carbocycles. The highest BCUT2D eigenvalue weighted by atomic mass is 16.6. The van der Waals surface area contributed by atoms with Crippen molar-refractivity contribution >= 4 is 20.0 Å². The minimum atomic E-state index is -0.235. The molecule has 6 rings (SSSR count). The largest absolute Gasteiger partial charge is 0.481 e. The number of hydrogen-bond acceptors (Lipinski definition) is 3. The summed E-state index contributed by atoms with van der Waals surface area (Å²) in [6.07, 6.45) is 3.89. The Hall–Kier alpha value is -2.02. The average Bonchev–Trinajstić information content (AvgIpc) is 2.73. The summed E-state index contributed by atoms with van der Waals surface area (Å²) in [5.74, 6) is 0.625. The van der Waals surface area contributed by atoms with Crippen molar-refractivity contribution in [3.05, 3.63) is 35.4 Å². The number of carbonyl (C=O) groups is 2. The van der Waals surface area contributed by atoms with E-state index in [1.54, 1.807) is 0 Å². The Labute approximate surface area is 173 Å². The monoisotopic (exact) mass is 394 g/mol. The first kappa shape index (κ1) is 19.0. The summed E-state index contributed by atoms with van der Waals surface area (Å²) in [6.45, 7) is 3.99. The van der Waals surface area contributed by atoms with Gasteiger partial charge in [0.1, 0.15) is 0 Å². The molecule has 6 nitrogen and oxygen atoms in total. The van der Waals surface area contributed by atoms with E-state index in [0.29, 0.717) is 29.8 Å². The number of quaternary nitrogens is 1. The van der Waals surface area contributed by atoms with Gasteiger partial charge in [-0.1, -0.05) is 24.3 Å². The van der Waals surface area contributed by atoms with Crippen LogP contribution >= 0.6 is 0 Å². The van der Waals surface area contributed by atoms with Crippen LogP contribution < -0.4 is 5.32 Å². The molecule has 0 spiro atoms. The zero-order chi connectivity index (χ0) is 20.0. The highest BCUT2D eigenvalue weighted by molar-refractivity contribution is 5.97. The van der Waals surface area contributed by atoms with Crippen LogP contribution in [0.15, 0.2) is 24.3 Å². The lowest BCUT2D eigenvalue weighted by Crippen LogP contribution is -2.63. The van der Waals surface area contributed by atoms with Gasteiger partial charge in [-0.2, -0.15) is 0 Å². The molecule has 4 saturated heterocycles. The summed E-state index contributed by atoms with van der Waals surface area (Å²) >= 11 is 0. The topological polar surface area (TPSA) is 58.6 Å². The second-order valence-corrected chi connectivity index (χ2v) is 9.30. The number of rotatable bonds is 2. The number of benzene rings is 1. The Bertz CT molecular complexity index is 808. The number of fused-ring (bicyclic) bond motifs is 4. The van der Waals surface area contributed by atoms with Gasteiger partial charge >= 0.3 is 14.1 Å². The highest BCUT2D eigenvalue weighted by Crippen LogP contribution is 2.40. The Morgan fingerprint density at radius 2 is 1.97 bits per heavy atom. The van der Waals surface area contributed by atoms with Crippen LogP contribution in [0.2, 0.25) is 0 Å². The van der Waals surface area contributed by atoms with Crippen LogP contribution in [0.3, 0.4) is 0 Å². The lowest BCUT2D eigenvalue weighted by Gasteiger charge is -2.51. The fourth-order valence-corrected chi connectivity index (χ4v) is 5.88. The molecule has 0 aromatic heterocycles. The van der Waals surface area contributed by atoms with Crippen LogP contribution in [0.5, 0.6) is 0 Å². The second-order valence-electron chi connectivity index (χ2n) is 9.30. The number of carbonyl (C=O) groups excluding carboxylic acids is 2. The van der Waals surface area contributed by atoms with Gasteiger partial charge in [-0.15, -0.1) is 0 Å². The molecular weight excluding hydrogens is 365 g/mol.